The van der Waals surface area contributed by atoms with Crippen molar-refractivity contribution in [3.05, 3.63) is 17.9 Å². The lowest BCUT2D eigenvalue weighted by molar-refractivity contribution is 0.109. The van der Waals surface area contributed by atoms with Crippen LogP contribution in [0.5, 0.6) is 0 Å². The van der Waals surface area contributed by atoms with Gasteiger partial charge in [0.1, 0.15) is 0 Å². The molecule has 2 rings (SSSR count). The Kier molecular flexibility index (Phi) is 4.95. The monoisotopic (exact) mass is 300 g/mol. The molecule has 20 heavy (non-hydrogen) atoms. The Hall–Kier alpha value is -1.18. The van der Waals surface area contributed by atoms with Crippen molar-refractivity contribution >= 4 is 16.3 Å². The van der Waals surface area contributed by atoms with E-state index < -0.39 is 10.0 Å². The smallest absolute Gasteiger partial charge is 0.273 e. The van der Waals surface area contributed by atoms with Gasteiger partial charge in [-0.05, 0) is 44.0 Å². The third-order valence-corrected chi connectivity index (χ3v) is 4.67. The fraction of sp³-hybridized carbons (Fsp3) is 0.615. The summed E-state index contributed by atoms with van der Waals surface area (Å²) in [6, 6.07) is 2.63. The van der Waals surface area contributed by atoms with Gasteiger partial charge in [-0.2, -0.15) is 0 Å². The van der Waals surface area contributed by atoms with Gasteiger partial charge in [-0.3, -0.25) is 4.79 Å². The van der Waals surface area contributed by atoms with Crippen LogP contribution in [0.15, 0.2) is 21.6 Å². The van der Waals surface area contributed by atoms with Gasteiger partial charge in [0.25, 0.3) is 10.0 Å². The van der Waals surface area contributed by atoms with Crippen LogP contribution in [0.3, 0.4) is 0 Å². The summed E-state index contributed by atoms with van der Waals surface area (Å²) in [4.78, 5) is 12.8. The van der Waals surface area contributed by atoms with Crippen LogP contribution in [0.1, 0.15) is 30.3 Å². The fourth-order valence-electron chi connectivity index (χ4n) is 2.34. The lowest BCUT2D eigenvalue weighted by atomic mass is 10.2. The summed E-state index contributed by atoms with van der Waals surface area (Å²) in [5.74, 6) is 0.235. The van der Waals surface area contributed by atoms with Crippen LogP contribution in [-0.2, 0) is 10.0 Å². The highest BCUT2D eigenvalue weighted by Crippen LogP contribution is 2.13. The van der Waals surface area contributed by atoms with E-state index in [4.69, 9.17) is 4.42 Å². The van der Waals surface area contributed by atoms with Crippen LogP contribution < -0.4 is 4.72 Å². The molecule has 0 spiro atoms. The van der Waals surface area contributed by atoms with E-state index in [0.29, 0.717) is 12.8 Å². The second-order valence-corrected chi connectivity index (χ2v) is 6.94. The highest BCUT2D eigenvalue weighted by Gasteiger charge is 2.21. The Bertz CT molecular complexity index is 546. The van der Waals surface area contributed by atoms with Crippen molar-refractivity contribution in [2.75, 3.05) is 26.2 Å². The lowest BCUT2D eigenvalue weighted by Gasteiger charge is -2.20. The average molecular weight is 300 g/mol. The molecule has 0 saturated carbocycles. The van der Waals surface area contributed by atoms with Gasteiger partial charge >= 0.3 is 0 Å². The van der Waals surface area contributed by atoms with Crippen molar-refractivity contribution in [1.82, 2.24) is 9.62 Å². The zero-order chi connectivity index (χ0) is 14.6. The van der Waals surface area contributed by atoms with Crippen molar-refractivity contribution in [3.63, 3.8) is 0 Å². The van der Waals surface area contributed by atoms with Gasteiger partial charge in [0, 0.05) is 13.1 Å². The molecule has 7 heteroatoms. The molecule has 0 amide bonds. The number of furan rings is 1. The number of hydrogen-bond acceptors (Lipinski definition) is 5. The minimum atomic E-state index is -3.67. The van der Waals surface area contributed by atoms with E-state index >= 15 is 0 Å². The Labute approximate surface area is 119 Å². The van der Waals surface area contributed by atoms with E-state index in [1.165, 1.54) is 25.0 Å². The number of rotatable bonds is 7. The van der Waals surface area contributed by atoms with E-state index in [2.05, 4.69) is 9.62 Å². The summed E-state index contributed by atoms with van der Waals surface area (Å²) >= 11 is 0. The summed E-state index contributed by atoms with van der Waals surface area (Å²) in [6.45, 7) is 5.45. The molecule has 1 aromatic heterocycles. The predicted octanol–water partition coefficient (Wildman–Crippen LogP) is 1.10. The second kappa shape index (κ2) is 6.51. The van der Waals surface area contributed by atoms with Crippen LogP contribution >= 0.6 is 0 Å². The first-order valence-corrected chi connectivity index (χ1v) is 8.26. The average Bonchev–Trinajstić information content (AvgIpc) is 3.07. The third-order valence-electron chi connectivity index (χ3n) is 3.37. The van der Waals surface area contributed by atoms with Gasteiger partial charge < -0.3 is 9.32 Å². The molecule has 2 heterocycles. The van der Waals surface area contributed by atoms with Gasteiger partial charge in [0.05, 0.1) is 0 Å². The van der Waals surface area contributed by atoms with Gasteiger partial charge in [0.2, 0.25) is 5.09 Å². The number of nitrogens with one attached hydrogen (secondary N) is 1. The first-order chi connectivity index (χ1) is 9.51. The molecule has 112 valence electrons. The van der Waals surface area contributed by atoms with E-state index in [0.717, 1.165) is 19.6 Å². The maximum atomic E-state index is 12.0. The molecular formula is C13H20N2O4S. The van der Waals surface area contributed by atoms with Crippen LogP contribution in [0.4, 0.5) is 0 Å². The lowest BCUT2D eigenvalue weighted by Crippen LogP contribution is -2.34. The zero-order valence-electron chi connectivity index (χ0n) is 11.5. The molecule has 6 nitrogen and oxygen atoms in total. The summed E-state index contributed by atoms with van der Waals surface area (Å²) < 4.78 is 31.4. The molecule has 1 aromatic rings. The molecule has 1 fully saturated rings. The number of nitrogens with zero attached hydrogens (tertiary/aromatic N) is 1. The van der Waals surface area contributed by atoms with E-state index in [-0.39, 0.29) is 16.8 Å². The SMILES string of the molecule is CC(CNS(=O)(=O)c1ccc(C=O)o1)CN1CCCC1. The number of aldehydes is 1. The fourth-order valence-corrected chi connectivity index (χ4v) is 3.44. The highest BCUT2D eigenvalue weighted by molar-refractivity contribution is 7.89. The van der Waals surface area contributed by atoms with Gasteiger partial charge in [-0.15, -0.1) is 0 Å². The molecule has 0 radical (unpaired) electrons. The molecule has 1 aliphatic heterocycles. The van der Waals surface area contributed by atoms with E-state index in [9.17, 15) is 13.2 Å². The molecule has 0 bridgehead atoms. The first kappa shape index (κ1) is 15.2. The Morgan fingerprint density at radius 2 is 2.10 bits per heavy atom. The summed E-state index contributed by atoms with van der Waals surface area (Å²) in [7, 11) is -3.67. The minimum absolute atomic E-state index is 0.00971. The topological polar surface area (TPSA) is 79.6 Å². The number of likely N-dealkylation sites (tertiary alicyclic amines) is 1. The molecule has 1 saturated heterocycles. The maximum absolute atomic E-state index is 12.0. The van der Waals surface area contributed by atoms with Gasteiger partial charge in [0.15, 0.2) is 12.0 Å². The first-order valence-electron chi connectivity index (χ1n) is 6.78. The maximum Gasteiger partial charge on any atom is 0.273 e. The van der Waals surface area contributed by atoms with Crippen molar-refractivity contribution < 1.29 is 17.6 Å². The van der Waals surface area contributed by atoms with Crippen molar-refractivity contribution in [2.45, 2.75) is 24.9 Å². The zero-order valence-corrected chi connectivity index (χ0v) is 12.4. The van der Waals surface area contributed by atoms with E-state index in [1.807, 2.05) is 6.92 Å². The number of sulfonamides is 1. The van der Waals surface area contributed by atoms with Crippen molar-refractivity contribution in [1.29, 1.82) is 0 Å². The Morgan fingerprint density at radius 1 is 1.40 bits per heavy atom. The van der Waals surface area contributed by atoms with Gasteiger partial charge in [-0.1, -0.05) is 6.92 Å². The minimum Gasteiger partial charge on any atom is -0.440 e. The molecule has 0 aliphatic carbocycles. The normalized spacial score (nSPS) is 18.2. The third kappa shape index (κ3) is 3.91. The predicted molar refractivity (Wildman–Crippen MR) is 74.1 cm³/mol. The highest BCUT2D eigenvalue weighted by atomic mass is 32.2. The number of carbonyl (C=O) groups is 1. The molecule has 0 aromatic carbocycles. The standard InChI is InChI=1S/C13H20N2O4S/c1-11(9-15-6-2-3-7-15)8-14-20(17,18)13-5-4-12(10-16)19-13/h4-5,10-11,14H,2-3,6-9H2,1H3. The van der Waals surface area contributed by atoms with Crippen molar-refractivity contribution in [2.24, 2.45) is 5.92 Å². The number of hydrogen-bond donors (Lipinski definition) is 1. The Balaban J connectivity index is 1.86. The van der Waals surface area contributed by atoms with Crippen LogP contribution in [-0.4, -0.2) is 45.8 Å². The summed E-state index contributed by atoms with van der Waals surface area (Å²) in [5, 5.41) is -0.215. The van der Waals surface area contributed by atoms with Crippen LogP contribution in [0, 0.1) is 5.92 Å². The largest absolute Gasteiger partial charge is 0.440 e. The summed E-state index contributed by atoms with van der Waals surface area (Å²) in [5.41, 5.74) is 0. The number of carbonyl (C=O) groups excluding carboxylic acids is 1. The van der Waals surface area contributed by atoms with Crippen LogP contribution in [0.2, 0.25) is 0 Å². The molecule has 1 aliphatic rings. The molecular weight excluding hydrogens is 280 g/mol. The molecule has 1 N–H and O–H groups in total. The van der Waals surface area contributed by atoms with Crippen molar-refractivity contribution in [3.8, 4) is 0 Å². The molecule has 1 atom stereocenters. The van der Waals surface area contributed by atoms with E-state index in [1.54, 1.807) is 0 Å². The summed E-state index contributed by atoms with van der Waals surface area (Å²) in [6.07, 6.45) is 2.92. The quantitative estimate of drug-likeness (QED) is 0.763. The van der Waals surface area contributed by atoms with Crippen LogP contribution in [0.25, 0.3) is 0 Å². The second-order valence-electron chi connectivity index (χ2n) is 5.24. The molecule has 1 unspecified atom stereocenters. The van der Waals surface area contributed by atoms with Gasteiger partial charge in [-0.25, -0.2) is 13.1 Å². The Morgan fingerprint density at radius 3 is 2.70 bits per heavy atom.